The van der Waals surface area contributed by atoms with E-state index in [4.69, 9.17) is 12.2 Å². The van der Waals surface area contributed by atoms with Gasteiger partial charge in [-0.15, -0.1) is 11.3 Å². The largest absolute Gasteiger partial charge is 0.295 e. The van der Waals surface area contributed by atoms with E-state index in [0.29, 0.717) is 9.65 Å². The van der Waals surface area contributed by atoms with Crippen LogP contribution in [0.3, 0.4) is 0 Å². The lowest BCUT2D eigenvalue weighted by molar-refractivity contribution is -0.122. The molecule has 9 heteroatoms. The summed E-state index contributed by atoms with van der Waals surface area (Å²) in [5.74, 6) is 0.0494. The molecule has 0 saturated carbocycles. The van der Waals surface area contributed by atoms with E-state index >= 15 is 0 Å². The topological polar surface area (TPSA) is 91.8 Å². The molecule has 2 rings (SSSR count). The second kappa shape index (κ2) is 8.20. The van der Waals surface area contributed by atoms with Crippen LogP contribution in [0, 0.1) is 11.7 Å². The monoisotopic (exact) mass is 367 g/mol. The summed E-state index contributed by atoms with van der Waals surface area (Å²) >= 11 is 6.56. The lowest BCUT2D eigenvalue weighted by Crippen LogP contribution is -2.43. The zero-order chi connectivity index (χ0) is 17.7. The molecule has 2 amide bonds. The van der Waals surface area contributed by atoms with Gasteiger partial charge in [0, 0.05) is 11.3 Å². The second-order valence-corrected chi connectivity index (χ2v) is 6.88. The highest BCUT2D eigenvalue weighted by atomic mass is 32.1. The van der Waals surface area contributed by atoms with Crippen molar-refractivity contribution >= 4 is 35.4 Å². The van der Waals surface area contributed by atoms with Crippen LogP contribution in [0.5, 0.6) is 0 Å². The number of carbonyl (C=O) groups excluding carboxylic acids is 2. The van der Waals surface area contributed by atoms with E-state index in [2.05, 4.69) is 21.0 Å². The Labute approximate surface area is 149 Å². The Kier molecular flexibility index (Phi) is 6.27. The number of H-pyrrole nitrogens is 1. The SMILES string of the molecule is CCCc1n[nH]c(=S)n1CC(=O)NNC(=O)c1cc(C)c(CC)s1. The van der Waals surface area contributed by atoms with Gasteiger partial charge in [-0.05, 0) is 43.6 Å². The summed E-state index contributed by atoms with van der Waals surface area (Å²) in [6, 6.07) is 1.83. The molecule has 0 bridgehead atoms. The predicted molar refractivity (Wildman–Crippen MR) is 95.4 cm³/mol. The molecule has 0 aromatic carbocycles. The van der Waals surface area contributed by atoms with E-state index in [1.165, 1.54) is 16.2 Å². The van der Waals surface area contributed by atoms with Crippen molar-refractivity contribution in [2.75, 3.05) is 0 Å². The highest BCUT2D eigenvalue weighted by Crippen LogP contribution is 2.21. The van der Waals surface area contributed by atoms with Gasteiger partial charge in [-0.1, -0.05) is 13.8 Å². The molecule has 2 aromatic rings. The summed E-state index contributed by atoms with van der Waals surface area (Å²) in [6.07, 6.45) is 2.51. The smallest absolute Gasteiger partial charge is 0.279 e. The molecule has 130 valence electrons. The summed E-state index contributed by atoms with van der Waals surface area (Å²) in [6.45, 7) is 6.05. The molecule has 0 aliphatic carbocycles. The molecule has 0 aliphatic rings. The molecular formula is C15H21N5O2S2. The molecule has 0 unspecified atom stereocenters. The molecule has 0 radical (unpaired) electrons. The molecule has 0 saturated heterocycles. The minimum atomic E-state index is -0.359. The third kappa shape index (κ3) is 4.30. The van der Waals surface area contributed by atoms with Gasteiger partial charge in [0.25, 0.3) is 11.8 Å². The number of amides is 2. The summed E-state index contributed by atoms with van der Waals surface area (Å²) in [5, 5.41) is 6.79. The van der Waals surface area contributed by atoms with Gasteiger partial charge in [0.15, 0.2) is 4.77 Å². The maximum absolute atomic E-state index is 12.1. The van der Waals surface area contributed by atoms with Crippen molar-refractivity contribution < 1.29 is 9.59 Å². The predicted octanol–water partition coefficient (Wildman–Crippen LogP) is 2.29. The fourth-order valence-corrected chi connectivity index (χ4v) is 3.51. The van der Waals surface area contributed by atoms with Crippen LogP contribution < -0.4 is 10.9 Å². The minimum absolute atomic E-state index is 0.00856. The number of rotatable bonds is 6. The average Bonchev–Trinajstić information content (AvgIpc) is 3.10. The van der Waals surface area contributed by atoms with E-state index in [1.807, 2.05) is 26.8 Å². The van der Waals surface area contributed by atoms with Crippen molar-refractivity contribution in [3.8, 4) is 0 Å². The summed E-state index contributed by atoms with van der Waals surface area (Å²) in [5.41, 5.74) is 5.95. The van der Waals surface area contributed by atoms with Gasteiger partial charge in [0.2, 0.25) is 0 Å². The molecule has 0 aliphatic heterocycles. The van der Waals surface area contributed by atoms with Crippen molar-refractivity contribution in [2.24, 2.45) is 0 Å². The average molecular weight is 368 g/mol. The lowest BCUT2D eigenvalue weighted by Gasteiger charge is -2.08. The van der Waals surface area contributed by atoms with Crippen LogP contribution in [0.25, 0.3) is 0 Å². The zero-order valence-electron chi connectivity index (χ0n) is 13.9. The van der Waals surface area contributed by atoms with Gasteiger partial charge in [0.1, 0.15) is 12.4 Å². The highest BCUT2D eigenvalue weighted by molar-refractivity contribution is 7.71. The Morgan fingerprint density at radius 1 is 1.38 bits per heavy atom. The molecule has 3 N–H and O–H groups in total. The number of thiophene rings is 1. The van der Waals surface area contributed by atoms with Crippen LogP contribution in [-0.4, -0.2) is 26.6 Å². The van der Waals surface area contributed by atoms with E-state index in [9.17, 15) is 9.59 Å². The standard InChI is InChI=1S/C15H21N5O2S2/c1-4-6-12-16-19-15(23)20(12)8-13(21)17-18-14(22)11-7-9(3)10(5-2)24-11/h7H,4-6,8H2,1-3H3,(H,17,21)(H,18,22)(H,19,23). The summed E-state index contributed by atoms with van der Waals surface area (Å²) in [4.78, 5) is 25.9. The van der Waals surface area contributed by atoms with Crippen LogP contribution >= 0.6 is 23.6 Å². The Morgan fingerprint density at radius 3 is 2.75 bits per heavy atom. The number of carbonyl (C=O) groups is 2. The van der Waals surface area contributed by atoms with Crippen LogP contribution in [0.2, 0.25) is 0 Å². The number of aromatic nitrogens is 3. The number of nitrogens with one attached hydrogen (secondary N) is 3. The maximum Gasteiger partial charge on any atom is 0.279 e. The number of nitrogens with zero attached hydrogens (tertiary/aromatic N) is 2. The maximum atomic E-state index is 12.1. The summed E-state index contributed by atoms with van der Waals surface area (Å²) in [7, 11) is 0. The van der Waals surface area contributed by atoms with Crippen LogP contribution in [-0.2, 0) is 24.2 Å². The normalized spacial score (nSPS) is 10.6. The highest BCUT2D eigenvalue weighted by Gasteiger charge is 2.14. The van der Waals surface area contributed by atoms with Crippen LogP contribution in [0.4, 0.5) is 0 Å². The Morgan fingerprint density at radius 2 is 2.12 bits per heavy atom. The van der Waals surface area contributed by atoms with Gasteiger partial charge in [-0.25, -0.2) is 0 Å². The molecule has 2 heterocycles. The number of aromatic amines is 1. The first kappa shape index (κ1) is 18.3. The second-order valence-electron chi connectivity index (χ2n) is 5.35. The number of hydrazine groups is 1. The molecule has 0 atom stereocenters. The summed E-state index contributed by atoms with van der Waals surface area (Å²) < 4.78 is 2.02. The van der Waals surface area contributed by atoms with Crippen LogP contribution in [0.1, 0.15) is 46.2 Å². The lowest BCUT2D eigenvalue weighted by atomic mass is 10.2. The Hall–Kier alpha value is -2.00. The van der Waals surface area contributed by atoms with Gasteiger partial charge in [-0.3, -0.25) is 30.1 Å². The quantitative estimate of drug-likeness (QED) is 0.539. The van der Waals surface area contributed by atoms with Crippen LogP contribution in [0.15, 0.2) is 6.07 Å². The van der Waals surface area contributed by atoms with Gasteiger partial charge in [-0.2, -0.15) is 5.10 Å². The molecule has 0 spiro atoms. The first-order valence-corrected chi connectivity index (χ1v) is 9.01. The van der Waals surface area contributed by atoms with Crippen molar-refractivity contribution in [3.05, 3.63) is 32.0 Å². The third-order valence-electron chi connectivity index (χ3n) is 3.49. The first-order valence-electron chi connectivity index (χ1n) is 7.78. The molecular weight excluding hydrogens is 346 g/mol. The third-order valence-corrected chi connectivity index (χ3v) is 5.19. The van der Waals surface area contributed by atoms with E-state index in [0.717, 1.165) is 30.7 Å². The van der Waals surface area contributed by atoms with Crippen molar-refractivity contribution in [1.82, 2.24) is 25.6 Å². The van der Waals surface area contributed by atoms with Crippen molar-refractivity contribution in [1.29, 1.82) is 0 Å². The van der Waals surface area contributed by atoms with Gasteiger partial charge >= 0.3 is 0 Å². The Balaban J connectivity index is 1.94. The zero-order valence-corrected chi connectivity index (χ0v) is 15.6. The number of aryl methyl sites for hydroxylation is 3. The van der Waals surface area contributed by atoms with Gasteiger partial charge in [0.05, 0.1) is 4.88 Å². The molecule has 7 nitrogen and oxygen atoms in total. The fourth-order valence-electron chi connectivity index (χ4n) is 2.28. The van der Waals surface area contributed by atoms with E-state index < -0.39 is 0 Å². The van der Waals surface area contributed by atoms with E-state index in [-0.39, 0.29) is 18.4 Å². The van der Waals surface area contributed by atoms with Crippen molar-refractivity contribution in [3.63, 3.8) is 0 Å². The fraction of sp³-hybridized carbons (Fsp3) is 0.467. The molecule has 0 fully saturated rings. The minimum Gasteiger partial charge on any atom is -0.295 e. The van der Waals surface area contributed by atoms with Gasteiger partial charge < -0.3 is 0 Å². The first-order chi connectivity index (χ1) is 11.5. The Bertz CT molecular complexity index is 790. The molecule has 24 heavy (non-hydrogen) atoms. The number of hydrogen-bond donors (Lipinski definition) is 3. The van der Waals surface area contributed by atoms with Crippen molar-refractivity contribution in [2.45, 2.75) is 46.6 Å². The molecule has 2 aromatic heterocycles. The van der Waals surface area contributed by atoms with E-state index in [1.54, 1.807) is 4.57 Å². The number of hydrogen-bond acceptors (Lipinski definition) is 5.